The van der Waals surface area contributed by atoms with Gasteiger partial charge in [0.2, 0.25) is 0 Å². The monoisotopic (exact) mass is 621 g/mol. The number of nitrogens with zero attached hydrogens (tertiary/aromatic N) is 8. The van der Waals surface area contributed by atoms with E-state index in [4.69, 9.17) is 23.1 Å². The van der Waals surface area contributed by atoms with Gasteiger partial charge in [0.25, 0.3) is 11.5 Å². The predicted molar refractivity (Wildman–Crippen MR) is 119 cm³/mol. The third-order valence-electron chi connectivity index (χ3n) is 5.25. The standard InChI is InChI=1S/C25H14N8.Pt/c1-25(2,20-7-5-9-22(30-20)32-13-11-17(15-26)19(32)16-27)21-8-6-10-23(31-21)33-14-12-18(28-3)24(33)29-4;/h5-12H,1-2H3;/q-2;+2. The van der Waals surface area contributed by atoms with Crippen molar-refractivity contribution >= 4 is 11.5 Å². The zero-order valence-electron chi connectivity index (χ0n) is 18.0. The zero-order chi connectivity index (χ0) is 23.6. The fourth-order valence-corrected chi connectivity index (χ4v) is 3.41. The minimum atomic E-state index is -0.641. The van der Waals surface area contributed by atoms with E-state index in [0.29, 0.717) is 23.0 Å². The summed E-state index contributed by atoms with van der Waals surface area (Å²) in [5.74, 6) is 1.10. The van der Waals surface area contributed by atoms with Crippen molar-refractivity contribution in [1.82, 2.24) is 19.1 Å². The average molecular weight is 622 g/mol. The van der Waals surface area contributed by atoms with Crippen LogP contribution in [0.25, 0.3) is 21.3 Å². The van der Waals surface area contributed by atoms with Crippen molar-refractivity contribution in [3.63, 3.8) is 0 Å². The molecule has 0 N–H and O–H groups in total. The Morgan fingerprint density at radius 3 is 2.00 bits per heavy atom. The van der Waals surface area contributed by atoms with Gasteiger partial charge in [0.05, 0.1) is 11.9 Å². The van der Waals surface area contributed by atoms with Gasteiger partial charge in [0.15, 0.2) is 0 Å². The molecule has 4 heterocycles. The van der Waals surface area contributed by atoms with E-state index in [1.807, 2.05) is 50.3 Å². The molecule has 0 spiro atoms. The topological polar surface area (TPSA) is 91.9 Å². The fraction of sp³-hybridized carbons (Fsp3) is 0.120. The molecule has 34 heavy (non-hydrogen) atoms. The number of hydrogen-bond acceptors (Lipinski definition) is 4. The first kappa shape index (κ1) is 24.2. The molecule has 0 unspecified atom stereocenters. The van der Waals surface area contributed by atoms with E-state index < -0.39 is 5.41 Å². The maximum atomic E-state index is 9.46. The van der Waals surface area contributed by atoms with Gasteiger partial charge in [0, 0.05) is 34.8 Å². The molecule has 164 valence electrons. The van der Waals surface area contributed by atoms with Crippen molar-refractivity contribution in [3.05, 3.63) is 106 Å². The molecule has 0 saturated carbocycles. The number of rotatable bonds is 4. The minimum absolute atomic E-state index is 0. The van der Waals surface area contributed by atoms with Gasteiger partial charge in [0.1, 0.15) is 12.4 Å². The molecule has 8 nitrogen and oxygen atoms in total. The van der Waals surface area contributed by atoms with Crippen LogP contribution >= 0.6 is 0 Å². The Balaban J connectivity index is 0.00000324. The van der Waals surface area contributed by atoms with Crippen LogP contribution in [0.3, 0.4) is 0 Å². The van der Waals surface area contributed by atoms with Gasteiger partial charge in [-0.1, -0.05) is 31.0 Å². The molecule has 0 radical (unpaired) electrons. The van der Waals surface area contributed by atoms with Crippen LogP contribution in [0.15, 0.2) is 48.5 Å². The molecule has 0 amide bonds. The zero-order valence-corrected chi connectivity index (χ0v) is 20.3. The summed E-state index contributed by atoms with van der Waals surface area (Å²) in [6.45, 7) is 18.6. The van der Waals surface area contributed by atoms with Crippen molar-refractivity contribution in [1.29, 1.82) is 10.5 Å². The van der Waals surface area contributed by atoms with Gasteiger partial charge in [-0.05, 0) is 43.7 Å². The van der Waals surface area contributed by atoms with Crippen LogP contribution in [0.2, 0.25) is 0 Å². The molecule has 0 aliphatic carbocycles. The van der Waals surface area contributed by atoms with Crippen LogP contribution in [0.1, 0.15) is 36.5 Å². The third kappa shape index (κ3) is 4.00. The smallest absolute Gasteiger partial charge is 0.420 e. The van der Waals surface area contributed by atoms with E-state index >= 15 is 0 Å². The second-order valence-corrected chi connectivity index (χ2v) is 7.52. The largest absolute Gasteiger partial charge is 2.00 e. The maximum absolute atomic E-state index is 9.46. The van der Waals surface area contributed by atoms with Crippen molar-refractivity contribution in [3.8, 4) is 23.8 Å². The first-order valence-electron chi connectivity index (χ1n) is 9.72. The van der Waals surface area contributed by atoms with E-state index in [1.54, 1.807) is 12.1 Å². The summed E-state index contributed by atoms with van der Waals surface area (Å²) in [6.07, 6.45) is 5.80. The number of hydrogen-bond donors (Lipinski definition) is 0. The molecule has 9 heteroatoms. The molecule has 4 rings (SSSR count). The molecule has 0 atom stereocenters. The van der Waals surface area contributed by atoms with Crippen molar-refractivity contribution in [2.75, 3.05) is 0 Å². The summed E-state index contributed by atoms with van der Waals surface area (Å²) >= 11 is 0. The molecule has 4 aromatic rings. The van der Waals surface area contributed by atoms with Crippen molar-refractivity contribution in [2.45, 2.75) is 19.3 Å². The number of pyridine rings is 2. The minimum Gasteiger partial charge on any atom is -0.420 e. The molecular weight excluding hydrogens is 607 g/mol. The number of nitriles is 2. The van der Waals surface area contributed by atoms with E-state index in [0.717, 1.165) is 0 Å². The molecule has 0 aliphatic rings. The normalized spacial score (nSPS) is 10.3. The molecule has 0 saturated heterocycles. The number of aromatic nitrogens is 4. The Kier molecular flexibility index (Phi) is 6.79. The van der Waals surface area contributed by atoms with E-state index in [-0.39, 0.29) is 43.8 Å². The summed E-state index contributed by atoms with van der Waals surface area (Å²) in [5, 5.41) is 18.7. The van der Waals surface area contributed by atoms with Crippen LogP contribution in [0.4, 0.5) is 11.5 Å². The quantitative estimate of drug-likeness (QED) is 0.306. The Morgan fingerprint density at radius 2 is 1.47 bits per heavy atom. The molecule has 0 fully saturated rings. The van der Waals surface area contributed by atoms with Gasteiger partial charge >= 0.3 is 21.1 Å². The molecule has 0 bridgehead atoms. The van der Waals surface area contributed by atoms with E-state index in [9.17, 15) is 10.5 Å². The Hall–Kier alpha value is -4.49. The van der Waals surface area contributed by atoms with E-state index in [1.165, 1.54) is 21.3 Å². The summed E-state index contributed by atoms with van der Waals surface area (Å²) in [5.41, 5.74) is 1.37. The van der Waals surface area contributed by atoms with Gasteiger partial charge in [-0.2, -0.15) is 0 Å². The predicted octanol–water partition coefficient (Wildman–Crippen LogP) is 4.83. The van der Waals surface area contributed by atoms with Crippen molar-refractivity contribution < 1.29 is 21.1 Å². The van der Waals surface area contributed by atoms with Gasteiger partial charge in [-0.15, -0.1) is 6.07 Å². The molecule has 0 aliphatic heterocycles. The van der Waals surface area contributed by atoms with Crippen molar-refractivity contribution in [2.24, 2.45) is 0 Å². The SMILES string of the molecule is [C-]#[N+]c1c[c-]n(-c2cccc(C(C)(C)c3cccc(-n4[c-]cc(C#N)c4C#N)n3)n2)c1[N+]#[C-].[Pt+2]. The Morgan fingerprint density at radius 1 is 0.882 bits per heavy atom. The van der Waals surface area contributed by atoms with Gasteiger partial charge in [-0.3, -0.25) is 9.97 Å². The second-order valence-electron chi connectivity index (χ2n) is 7.52. The first-order chi connectivity index (χ1) is 15.9. The molecule has 0 aromatic carbocycles. The van der Waals surface area contributed by atoms with E-state index in [2.05, 4.69) is 22.1 Å². The fourth-order valence-electron chi connectivity index (χ4n) is 3.41. The third-order valence-corrected chi connectivity index (χ3v) is 5.25. The van der Waals surface area contributed by atoms with Crippen LogP contribution in [0, 0.1) is 48.2 Å². The van der Waals surface area contributed by atoms with Crippen LogP contribution in [-0.4, -0.2) is 19.1 Å². The average Bonchev–Trinajstić information content (AvgIpc) is 3.47. The van der Waals surface area contributed by atoms with Crippen LogP contribution < -0.4 is 0 Å². The van der Waals surface area contributed by atoms with Gasteiger partial charge < -0.3 is 14.0 Å². The summed E-state index contributed by atoms with van der Waals surface area (Å²) < 4.78 is 2.94. The summed E-state index contributed by atoms with van der Waals surface area (Å²) in [7, 11) is 0. The van der Waals surface area contributed by atoms with Crippen LogP contribution in [0.5, 0.6) is 0 Å². The Labute approximate surface area is 211 Å². The Bertz CT molecular complexity index is 1430. The molecular formula is C25H14N8Pt. The summed E-state index contributed by atoms with van der Waals surface area (Å²) in [6, 6.07) is 17.8. The molecule has 4 aromatic heterocycles. The first-order valence-corrected chi connectivity index (χ1v) is 9.72. The summed E-state index contributed by atoms with van der Waals surface area (Å²) in [4.78, 5) is 16.3. The van der Waals surface area contributed by atoms with Crippen LogP contribution in [-0.2, 0) is 26.5 Å². The van der Waals surface area contributed by atoms with Gasteiger partial charge in [-0.25, -0.2) is 15.4 Å². The maximum Gasteiger partial charge on any atom is 2.00 e. The second kappa shape index (κ2) is 9.56.